The van der Waals surface area contributed by atoms with Crippen LogP contribution in [-0.4, -0.2) is 51.6 Å². The maximum absolute atomic E-state index is 11.1. The Bertz CT molecular complexity index is 152. The number of nitrogens with zero attached hydrogens (tertiary/aromatic N) is 1. The lowest BCUT2D eigenvalue weighted by Gasteiger charge is -2.18. The number of nitrogens with one attached hydrogen (secondary N) is 1. The van der Waals surface area contributed by atoms with E-state index in [4.69, 9.17) is 0 Å². The van der Waals surface area contributed by atoms with E-state index in [9.17, 15) is 9.59 Å². The zero-order chi connectivity index (χ0) is 9.40. The Balaban J connectivity index is 3.84. The van der Waals surface area contributed by atoms with E-state index in [0.29, 0.717) is 12.9 Å². The minimum absolute atomic E-state index is 0.0253. The minimum Gasteiger partial charge on any atom is -0.335 e. The van der Waals surface area contributed by atoms with Gasteiger partial charge >= 0.3 is 0 Å². The van der Waals surface area contributed by atoms with Crippen molar-refractivity contribution in [2.24, 2.45) is 0 Å². The number of aldehydes is 1. The molecule has 0 bridgehead atoms. The van der Waals surface area contributed by atoms with E-state index in [2.05, 4.69) is 5.32 Å². The number of carbonyl (C=O) groups excluding carboxylic acids is 2. The van der Waals surface area contributed by atoms with Gasteiger partial charge < -0.3 is 15.0 Å². The van der Waals surface area contributed by atoms with Crippen LogP contribution in [0.2, 0.25) is 6.32 Å². The molecular weight excluding hydrogens is 155 g/mol. The molecule has 0 saturated heterocycles. The van der Waals surface area contributed by atoms with Gasteiger partial charge in [-0.2, -0.15) is 0 Å². The summed E-state index contributed by atoms with van der Waals surface area (Å²) in [7, 11) is 3.61. The molecule has 68 valence electrons. The predicted octanol–water partition coefficient (Wildman–Crippen LogP) is -1.72. The Kier molecular flexibility index (Phi) is 6.37. The van der Waals surface area contributed by atoms with E-state index in [0.717, 1.165) is 12.8 Å². The molecule has 12 heavy (non-hydrogen) atoms. The Hall–Kier alpha value is -0.835. The van der Waals surface area contributed by atoms with Crippen LogP contribution in [0.5, 0.6) is 0 Å². The monoisotopic (exact) mass is 170 g/mol. The normalized spacial score (nSPS) is 9.42. The van der Waals surface area contributed by atoms with Gasteiger partial charge in [0, 0.05) is 13.1 Å². The summed E-state index contributed by atoms with van der Waals surface area (Å²) in [5.41, 5.74) is 0. The molecule has 0 aromatic rings. The van der Waals surface area contributed by atoms with Gasteiger partial charge in [-0.05, 0) is 13.4 Å². The second kappa shape index (κ2) is 6.85. The fraction of sp³-hybridized carbons (Fsp3) is 0.714. The van der Waals surface area contributed by atoms with Gasteiger partial charge in [-0.25, -0.2) is 0 Å². The smallest absolute Gasteiger partial charge is 0.215 e. The zero-order valence-electron chi connectivity index (χ0n) is 7.67. The van der Waals surface area contributed by atoms with Crippen molar-refractivity contribution in [2.45, 2.75) is 6.32 Å². The van der Waals surface area contributed by atoms with Crippen LogP contribution >= 0.6 is 0 Å². The fourth-order valence-electron chi connectivity index (χ4n) is 0.878. The van der Waals surface area contributed by atoms with E-state index in [1.807, 2.05) is 7.05 Å². The first-order valence-electron chi connectivity index (χ1n) is 4.12. The van der Waals surface area contributed by atoms with Crippen molar-refractivity contribution in [2.75, 3.05) is 26.7 Å². The van der Waals surface area contributed by atoms with Crippen molar-refractivity contribution in [1.82, 2.24) is 10.2 Å². The molecule has 0 atom stereocenters. The Morgan fingerprint density at radius 3 is 2.75 bits per heavy atom. The van der Waals surface area contributed by atoms with E-state index in [1.165, 1.54) is 0 Å². The molecule has 0 aliphatic carbocycles. The number of hydrogen-bond donors (Lipinski definition) is 1. The van der Waals surface area contributed by atoms with Crippen LogP contribution in [-0.2, 0) is 9.59 Å². The molecule has 0 rings (SSSR count). The number of rotatable bonds is 6. The highest BCUT2D eigenvalue weighted by molar-refractivity contribution is 6.19. The third-order valence-corrected chi connectivity index (χ3v) is 1.58. The average Bonchev–Trinajstić information content (AvgIpc) is 2.11. The molecule has 1 amide bonds. The summed E-state index contributed by atoms with van der Waals surface area (Å²) in [6.07, 6.45) is 1.21. The largest absolute Gasteiger partial charge is 0.335 e. The van der Waals surface area contributed by atoms with Gasteiger partial charge in [0.05, 0.1) is 6.54 Å². The third kappa shape index (κ3) is 4.13. The van der Waals surface area contributed by atoms with Crippen LogP contribution < -0.4 is 5.32 Å². The van der Waals surface area contributed by atoms with Gasteiger partial charge in [0.15, 0.2) is 0 Å². The second-order valence-electron chi connectivity index (χ2n) is 2.46. The van der Waals surface area contributed by atoms with Crippen LogP contribution in [0.15, 0.2) is 0 Å². The highest BCUT2D eigenvalue weighted by atomic mass is 16.2. The highest BCUT2D eigenvalue weighted by Gasteiger charge is 2.08. The molecule has 0 aliphatic rings. The van der Waals surface area contributed by atoms with Gasteiger partial charge in [-0.15, -0.1) is 0 Å². The fourth-order valence-corrected chi connectivity index (χ4v) is 0.878. The standard InChI is InChI=1S/C7H15BN2O2/c1-9-2-3-10(4-5-11)7(12)6-8/h5,9H,2-4,6,8H2,1H3. The highest BCUT2D eigenvalue weighted by Crippen LogP contribution is 1.90. The molecule has 0 aromatic heterocycles. The molecule has 0 saturated carbocycles. The quantitative estimate of drug-likeness (QED) is 0.381. The van der Waals surface area contributed by atoms with Crippen molar-refractivity contribution in [3.63, 3.8) is 0 Å². The van der Waals surface area contributed by atoms with Gasteiger partial charge in [-0.1, -0.05) is 0 Å². The summed E-state index contributed by atoms with van der Waals surface area (Å²) in [4.78, 5) is 22.9. The van der Waals surface area contributed by atoms with Crippen molar-refractivity contribution >= 4 is 20.0 Å². The zero-order valence-corrected chi connectivity index (χ0v) is 7.67. The van der Waals surface area contributed by atoms with Gasteiger partial charge in [0.1, 0.15) is 14.1 Å². The number of likely N-dealkylation sites (N-methyl/N-ethyl adjacent to an activating group) is 1. The molecule has 0 fully saturated rings. The van der Waals surface area contributed by atoms with Crippen molar-refractivity contribution < 1.29 is 9.59 Å². The molecule has 0 spiro atoms. The number of carbonyl (C=O) groups is 2. The molecule has 4 nitrogen and oxygen atoms in total. The van der Waals surface area contributed by atoms with E-state index in [1.54, 1.807) is 12.7 Å². The SMILES string of the molecule is BCC(=O)N(CC=O)CCNC. The first kappa shape index (κ1) is 11.2. The lowest BCUT2D eigenvalue weighted by atomic mass is 10.0. The lowest BCUT2D eigenvalue weighted by Crippen LogP contribution is -2.37. The maximum Gasteiger partial charge on any atom is 0.215 e. The number of hydrogen-bond acceptors (Lipinski definition) is 3. The second-order valence-corrected chi connectivity index (χ2v) is 2.46. The summed E-state index contributed by atoms with van der Waals surface area (Å²) in [5.74, 6) is 0.0253. The molecule has 0 aromatic carbocycles. The summed E-state index contributed by atoms with van der Waals surface area (Å²) < 4.78 is 0. The minimum atomic E-state index is 0.0253. The maximum atomic E-state index is 11.1. The average molecular weight is 170 g/mol. The summed E-state index contributed by atoms with van der Waals surface area (Å²) >= 11 is 0. The summed E-state index contributed by atoms with van der Waals surface area (Å²) in [5, 5.41) is 2.93. The van der Waals surface area contributed by atoms with Crippen LogP contribution in [0, 0.1) is 0 Å². The summed E-state index contributed by atoms with van der Waals surface area (Å²) in [6.45, 7) is 1.52. The van der Waals surface area contributed by atoms with Crippen LogP contribution in [0.3, 0.4) is 0 Å². The Morgan fingerprint density at radius 2 is 2.33 bits per heavy atom. The van der Waals surface area contributed by atoms with Gasteiger partial charge in [0.2, 0.25) is 5.91 Å². The molecule has 5 heteroatoms. The van der Waals surface area contributed by atoms with Crippen LogP contribution in [0.25, 0.3) is 0 Å². The Morgan fingerprint density at radius 1 is 1.67 bits per heavy atom. The molecule has 0 aliphatic heterocycles. The summed E-state index contributed by atoms with van der Waals surface area (Å²) in [6, 6.07) is 0. The Labute approximate surface area is 73.7 Å². The topological polar surface area (TPSA) is 49.4 Å². The first-order chi connectivity index (χ1) is 5.76. The molecule has 0 unspecified atom stereocenters. The van der Waals surface area contributed by atoms with Crippen molar-refractivity contribution in [3.05, 3.63) is 0 Å². The van der Waals surface area contributed by atoms with E-state index >= 15 is 0 Å². The number of amides is 1. The third-order valence-electron chi connectivity index (χ3n) is 1.58. The first-order valence-corrected chi connectivity index (χ1v) is 4.12. The van der Waals surface area contributed by atoms with E-state index in [-0.39, 0.29) is 12.5 Å². The van der Waals surface area contributed by atoms with Crippen molar-refractivity contribution in [1.29, 1.82) is 0 Å². The predicted molar refractivity (Wildman–Crippen MR) is 49.9 cm³/mol. The molecule has 0 radical (unpaired) electrons. The van der Waals surface area contributed by atoms with Crippen molar-refractivity contribution in [3.8, 4) is 0 Å². The van der Waals surface area contributed by atoms with Crippen LogP contribution in [0.1, 0.15) is 0 Å². The van der Waals surface area contributed by atoms with Gasteiger partial charge in [-0.3, -0.25) is 4.79 Å². The van der Waals surface area contributed by atoms with Gasteiger partial charge in [0.25, 0.3) is 0 Å². The lowest BCUT2D eigenvalue weighted by molar-refractivity contribution is -0.130. The molecular formula is C7H15BN2O2. The molecule has 0 heterocycles. The van der Waals surface area contributed by atoms with Crippen LogP contribution in [0.4, 0.5) is 0 Å². The molecule has 1 N–H and O–H groups in total. The van der Waals surface area contributed by atoms with E-state index < -0.39 is 0 Å².